The van der Waals surface area contributed by atoms with E-state index in [9.17, 15) is 4.39 Å². The molecule has 0 aliphatic rings. The number of hydrogen-bond donors (Lipinski definition) is 2. The Kier molecular flexibility index (Phi) is 4.43. The van der Waals surface area contributed by atoms with Gasteiger partial charge in [0.2, 0.25) is 5.95 Å². The Balaban J connectivity index is 1.99. The molecule has 0 fully saturated rings. The number of aliphatic hydroxyl groups is 1. The van der Waals surface area contributed by atoms with Crippen LogP contribution in [0.4, 0.5) is 10.3 Å². The number of imidazole rings is 1. The van der Waals surface area contributed by atoms with Crippen LogP contribution in [0.25, 0.3) is 11.0 Å². The standard InChI is InChI=1S/C17H18FN3O2/c1-23-16-7-6-12(10-13(16)18)11-21-15-5-3-2-4-14(15)20-17(21)19-8-9-22/h2-7,10,22H,8-9,11H2,1H3,(H,19,20). The van der Waals surface area contributed by atoms with Crippen molar-refractivity contribution in [2.75, 3.05) is 25.6 Å². The van der Waals surface area contributed by atoms with Gasteiger partial charge in [0.1, 0.15) is 0 Å². The van der Waals surface area contributed by atoms with E-state index in [-0.39, 0.29) is 18.2 Å². The van der Waals surface area contributed by atoms with Crippen LogP contribution in [0.5, 0.6) is 5.75 Å². The number of para-hydroxylation sites is 2. The second-order valence-electron chi connectivity index (χ2n) is 5.13. The van der Waals surface area contributed by atoms with Gasteiger partial charge in [0.05, 0.1) is 31.3 Å². The second kappa shape index (κ2) is 6.66. The molecule has 6 heteroatoms. The summed E-state index contributed by atoms with van der Waals surface area (Å²) >= 11 is 0. The van der Waals surface area contributed by atoms with Gasteiger partial charge in [0.15, 0.2) is 11.6 Å². The van der Waals surface area contributed by atoms with Crippen LogP contribution in [-0.4, -0.2) is 34.9 Å². The molecule has 2 N–H and O–H groups in total. The molecular formula is C17H18FN3O2. The molecule has 1 aromatic heterocycles. The topological polar surface area (TPSA) is 59.3 Å². The van der Waals surface area contributed by atoms with Crippen molar-refractivity contribution < 1.29 is 14.2 Å². The Bertz CT molecular complexity index is 817. The van der Waals surface area contributed by atoms with Gasteiger partial charge in [0.25, 0.3) is 0 Å². The zero-order chi connectivity index (χ0) is 16.2. The molecule has 0 saturated carbocycles. The van der Waals surface area contributed by atoms with Crippen molar-refractivity contribution >= 4 is 17.0 Å². The number of ether oxygens (including phenoxy) is 1. The monoisotopic (exact) mass is 315 g/mol. The minimum absolute atomic E-state index is 0.0143. The maximum absolute atomic E-state index is 13.9. The normalized spacial score (nSPS) is 10.9. The summed E-state index contributed by atoms with van der Waals surface area (Å²) in [5, 5.41) is 12.1. The quantitative estimate of drug-likeness (QED) is 0.734. The molecule has 5 nitrogen and oxygen atoms in total. The molecule has 0 radical (unpaired) electrons. The van der Waals surface area contributed by atoms with E-state index >= 15 is 0 Å². The number of hydrogen-bond acceptors (Lipinski definition) is 4. The number of rotatable bonds is 6. The van der Waals surface area contributed by atoms with E-state index in [1.165, 1.54) is 13.2 Å². The predicted molar refractivity (Wildman–Crippen MR) is 87.4 cm³/mol. The SMILES string of the molecule is COc1ccc(Cn2c(NCCO)nc3ccccc32)cc1F. The van der Waals surface area contributed by atoms with Gasteiger partial charge >= 0.3 is 0 Å². The number of aliphatic hydroxyl groups excluding tert-OH is 1. The van der Waals surface area contributed by atoms with Crippen molar-refractivity contribution in [3.8, 4) is 5.75 Å². The second-order valence-corrected chi connectivity index (χ2v) is 5.13. The molecule has 0 spiro atoms. The summed E-state index contributed by atoms with van der Waals surface area (Å²) in [4.78, 5) is 4.52. The summed E-state index contributed by atoms with van der Waals surface area (Å²) in [7, 11) is 1.44. The zero-order valence-electron chi connectivity index (χ0n) is 12.8. The van der Waals surface area contributed by atoms with E-state index in [4.69, 9.17) is 9.84 Å². The lowest BCUT2D eigenvalue weighted by Crippen LogP contribution is -2.12. The molecule has 0 saturated heterocycles. The van der Waals surface area contributed by atoms with Crippen molar-refractivity contribution in [1.29, 1.82) is 0 Å². The molecule has 0 aliphatic heterocycles. The minimum Gasteiger partial charge on any atom is -0.494 e. The highest BCUT2D eigenvalue weighted by Gasteiger charge is 2.11. The third-order valence-electron chi connectivity index (χ3n) is 3.61. The van der Waals surface area contributed by atoms with Crippen LogP contribution in [-0.2, 0) is 6.54 Å². The van der Waals surface area contributed by atoms with Gasteiger partial charge < -0.3 is 19.7 Å². The van der Waals surface area contributed by atoms with E-state index < -0.39 is 0 Å². The van der Waals surface area contributed by atoms with Crippen molar-refractivity contribution in [2.45, 2.75) is 6.54 Å². The first-order valence-electron chi connectivity index (χ1n) is 7.35. The maximum Gasteiger partial charge on any atom is 0.204 e. The number of benzene rings is 2. The van der Waals surface area contributed by atoms with Crippen LogP contribution in [0.15, 0.2) is 42.5 Å². The lowest BCUT2D eigenvalue weighted by molar-refractivity contribution is 0.310. The number of anilines is 1. The highest BCUT2D eigenvalue weighted by molar-refractivity contribution is 5.78. The average Bonchev–Trinajstić information content (AvgIpc) is 2.91. The van der Waals surface area contributed by atoms with Crippen LogP contribution in [0.3, 0.4) is 0 Å². The molecule has 3 rings (SSSR count). The number of halogens is 1. The number of aromatic nitrogens is 2. The summed E-state index contributed by atoms with van der Waals surface area (Å²) in [5.74, 6) is 0.485. The van der Waals surface area contributed by atoms with Gasteiger partial charge in [-0.25, -0.2) is 9.37 Å². The third kappa shape index (κ3) is 3.12. The van der Waals surface area contributed by atoms with E-state index in [0.717, 1.165) is 16.6 Å². The number of fused-ring (bicyclic) bond motifs is 1. The maximum atomic E-state index is 13.9. The fourth-order valence-corrected chi connectivity index (χ4v) is 2.53. The van der Waals surface area contributed by atoms with Gasteiger partial charge in [-0.15, -0.1) is 0 Å². The van der Waals surface area contributed by atoms with Crippen LogP contribution in [0.2, 0.25) is 0 Å². The minimum atomic E-state index is -0.390. The van der Waals surface area contributed by atoms with Crippen LogP contribution < -0.4 is 10.1 Å². The Hall–Kier alpha value is -2.60. The predicted octanol–water partition coefficient (Wildman–Crippen LogP) is 2.64. The Morgan fingerprint density at radius 3 is 2.83 bits per heavy atom. The van der Waals surface area contributed by atoms with Crippen molar-refractivity contribution in [3.05, 3.63) is 53.8 Å². The lowest BCUT2D eigenvalue weighted by Gasteiger charge is -2.11. The fourth-order valence-electron chi connectivity index (χ4n) is 2.53. The molecule has 0 unspecified atom stereocenters. The molecule has 23 heavy (non-hydrogen) atoms. The first-order valence-corrected chi connectivity index (χ1v) is 7.35. The largest absolute Gasteiger partial charge is 0.494 e. The van der Waals surface area contributed by atoms with Gasteiger partial charge in [-0.2, -0.15) is 0 Å². The van der Waals surface area contributed by atoms with Crippen LogP contribution in [0.1, 0.15) is 5.56 Å². The third-order valence-corrected chi connectivity index (χ3v) is 3.61. The molecular weight excluding hydrogens is 297 g/mol. The van der Waals surface area contributed by atoms with Crippen LogP contribution >= 0.6 is 0 Å². The van der Waals surface area contributed by atoms with Gasteiger partial charge in [-0.1, -0.05) is 18.2 Å². The first-order chi connectivity index (χ1) is 11.2. The highest BCUT2D eigenvalue weighted by Crippen LogP contribution is 2.23. The molecule has 3 aromatic rings. The molecule has 0 amide bonds. The molecule has 1 heterocycles. The smallest absolute Gasteiger partial charge is 0.204 e. The van der Waals surface area contributed by atoms with Crippen molar-refractivity contribution in [2.24, 2.45) is 0 Å². The summed E-state index contributed by atoms with van der Waals surface area (Å²) in [6, 6.07) is 12.6. The van der Waals surface area contributed by atoms with Crippen LogP contribution in [0, 0.1) is 5.82 Å². The van der Waals surface area contributed by atoms with Gasteiger partial charge in [-0.3, -0.25) is 0 Å². The van der Waals surface area contributed by atoms with Gasteiger partial charge in [-0.05, 0) is 29.8 Å². The zero-order valence-corrected chi connectivity index (χ0v) is 12.8. The number of methoxy groups -OCH3 is 1. The molecule has 2 aromatic carbocycles. The van der Waals surface area contributed by atoms with E-state index in [1.807, 2.05) is 34.9 Å². The van der Waals surface area contributed by atoms with E-state index in [2.05, 4.69) is 10.3 Å². The highest BCUT2D eigenvalue weighted by atomic mass is 19.1. The number of nitrogens with one attached hydrogen (secondary N) is 1. The fraction of sp³-hybridized carbons (Fsp3) is 0.235. The Labute approximate surface area is 133 Å². The molecule has 0 aliphatic carbocycles. The van der Waals surface area contributed by atoms with Gasteiger partial charge in [0, 0.05) is 6.54 Å². The summed E-state index contributed by atoms with van der Waals surface area (Å²) < 4.78 is 20.8. The molecule has 0 atom stereocenters. The molecule has 120 valence electrons. The summed E-state index contributed by atoms with van der Waals surface area (Å²) in [6.45, 7) is 0.885. The van der Waals surface area contributed by atoms with E-state index in [0.29, 0.717) is 19.0 Å². The van der Waals surface area contributed by atoms with Crippen molar-refractivity contribution in [3.63, 3.8) is 0 Å². The van der Waals surface area contributed by atoms with Crippen molar-refractivity contribution in [1.82, 2.24) is 9.55 Å². The first kappa shape index (κ1) is 15.3. The Morgan fingerprint density at radius 2 is 2.09 bits per heavy atom. The van der Waals surface area contributed by atoms with E-state index in [1.54, 1.807) is 6.07 Å². The number of nitrogens with zero attached hydrogens (tertiary/aromatic N) is 2. The lowest BCUT2D eigenvalue weighted by atomic mass is 10.2. The Morgan fingerprint density at radius 1 is 1.26 bits per heavy atom. The summed E-state index contributed by atoms with van der Waals surface area (Å²) in [5.41, 5.74) is 2.60. The summed E-state index contributed by atoms with van der Waals surface area (Å²) in [6.07, 6.45) is 0. The molecule has 0 bridgehead atoms. The average molecular weight is 315 g/mol.